The van der Waals surface area contributed by atoms with Crippen LogP contribution in [0.5, 0.6) is 0 Å². The number of alkyl halides is 3. The van der Waals surface area contributed by atoms with Crippen LogP contribution in [0.2, 0.25) is 0 Å². The lowest BCUT2D eigenvalue weighted by atomic mass is 9.78. The summed E-state index contributed by atoms with van der Waals surface area (Å²) in [7, 11) is 0. The molecule has 3 aromatic carbocycles. The van der Waals surface area contributed by atoms with E-state index in [0.29, 0.717) is 23.4 Å². The lowest BCUT2D eigenvalue weighted by Gasteiger charge is -2.27. The summed E-state index contributed by atoms with van der Waals surface area (Å²) in [6.07, 6.45) is 3.16. The van der Waals surface area contributed by atoms with Crippen LogP contribution in [0.1, 0.15) is 56.6 Å². The van der Waals surface area contributed by atoms with E-state index in [0.717, 1.165) is 24.3 Å². The quantitative estimate of drug-likeness (QED) is 0.330. The SMILES string of the molecule is CCC1CCC(CCc2ccc3c(F)c(-c4cc(F)c(C(F)(F)F)c(F)c4)ccc3c2)CC1. The van der Waals surface area contributed by atoms with Crippen LogP contribution < -0.4 is 0 Å². The molecule has 0 spiro atoms. The van der Waals surface area contributed by atoms with Crippen molar-refractivity contribution in [2.45, 2.75) is 58.0 Å². The first kappa shape index (κ1) is 23.7. The molecule has 3 aromatic rings. The van der Waals surface area contributed by atoms with Crippen LogP contribution in [0.4, 0.5) is 26.3 Å². The summed E-state index contributed by atoms with van der Waals surface area (Å²) >= 11 is 0. The van der Waals surface area contributed by atoms with Crippen molar-refractivity contribution in [3.05, 3.63) is 71.0 Å². The second kappa shape index (κ2) is 9.40. The van der Waals surface area contributed by atoms with Crippen LogP contribution in [0.15, 0.2) is 42.5 Å². The van der Waals surface area contributed by atoms with Gasteiger partial charge in [0.05, 0.1) is 0 Å². The number of aryl methyl sites for hydroxylation is 1. The highest BCUT2D eigenvalue weighted by Gasteiger charge is 2.38. The fourth-order valence-corrected chi connectivity index (χ4v) is 5.02. The lowest BCUT2D eigenvalue weighted by Crippen LogP contribution is -2.14. The molecule has 0 amide bonds. The largest absolute Gasteiger partial charge is 0.422 e. The van der Waals surface area contributed by atoms with Gasteiger partial charge in [-0.1, -0.05) is 69.4 Å². The Kier molecular flexibility index (Phi) is 6.73. The Hall–Kier alpha value is -2.50. The zero-order chi connectivity index (χ0) is 23.8. The molecule has 33 heavy (non-hydrogen) atoms. The highest BCUT2D eigenvalue weighted by atomic mass is 19.4. The first-order valence-corrected chi connectivity index (χ1v) is 11.4. The van der Waals surface area contributed by atoms with Crippen molar-refractivity contribution in [3.63, 3.8) is 0 Å². The molecule has 176 valence electrons. The Morgan fingerprint density at radius 3 is 2.06 bits per heavy atom. The molecule has 1 fully saturated rings. The zero-order valence-corrected chi connectivity index (χ0v) is 18.4. The molecule has 0 unspecified atom stereocenters. The van der Waals surface area contributed by atoms with Crippen LogP contribution in [-0.4, -0.2) is 0 Å². The normalized spacial score (nSPS) is 19.2. The van der Waals surface area contributed by atoms with E-state index < -0.39 is 29.2 Å². The van der Waals surface area contributed by atoms with E-state index in [-0.39, 0.29) is 16.5 Å². The predicted octanol–water partition coefficient (Wildman–Crippen LogP) is 9.09. The molecule has 0 radical (unpaired) electrons. The van der Waals surface area contributed by atoms with E-state index in [4.69, 9.17) is 0 Å². The maximum Gasteiger partial charge on any atom is 0.422 e. The molecule has 1 saturated carbocycles. The van der Waals surface area contributed by atoms with Crippen molar-refractivity contribution in [1.82, 2.24) is 0 Å². The maximum absolute atomic E-state index is 15.2. The van der Waals surface area contributed by atoms with E-state index in [1.807, 2.05) is 12.1 Å². The Balaban J connectivity index is 1.55. The topological polar surface area (TPSA) is 0 Å². The third kappa shape index (κ3) is 5.04. The summed E-state index contributed by atoms with van der Waals surface area (Å²) in [6.45, 7) is 2.25. The monoisotopic (exact) mass is 464 g/mol. The van der Waals surface area contributed by atoms with Crippen molar-refractivity contribution < 1.29 is 26.3 Å². The van der Waals surface area contributed by atoms with Gasteiger partial charge in [0.2, 0.25) is 0 Å². The highest BCUT2D eigenvalue weighted by Crippen LogP contribution is 2.38. The van der Waals surface area contributed by atoms with E-state index in [1.165, 1.54) is 38.2 Å². The van der Waals surface area contributed by atoms with Gasteiger partial charge in [0.15, 0.2) is 0 Å². The van der Waals surface area contributed by atoms with Crippen LogP contribution >= 0.6 is 0 Å². The van der Waals surface area contributed by atoms with Crippen molar-refractivity contribution in [2.24, 2.45) is 11.8 Å². The fraction of sp³-hybridized carbons (Fsp3) is 0.407. The second-order valence-electron chi connectivity index (χ2n) is 9.13. The molecule has 0 N–H and O–H groups in total. The third-order valence-corrected chi connectivity index (χ3v) is 7.04. The molecule has 0 aromatic heterocycles. The van der Waals surface area contributed by atoms with Gasteiger partial charge < -0.3 is 0 Å². The van der Waals surface area contributed by atoms with Crippen molar-refractivity contribution in [3.8, 4) is 11.1 Å². The summed E-state index contributed by atoms with van der Waals surface area (Å²) in [6, 6.07) is 9.44. The van der Waals surface area contributed by atoms with Gasteiger partial charge >= 0.3 is 6.18 Å². The Labute approximate surface area is 189 Å². The molecular formula is C27H26F6. The minimum absolute atomic E-state index is 0.144. The molecular weight excluding hydrogens is 438 g/mol. The lowest BCUT2D eigenvalue weighted by molar-refractivity contribution is -0.142. The number of hydrogen-bond donors (Lipinski definition) is 0. The molecule has 0 atom stereocenters. The minimum Gasteiger partial charge on any atom is -0.206 e. The summed E-state index contributed by atoms with van der Waals surface area (Å²) in [5.74, 6) is -2.67. The Bertz CT molecular complexity index is 1120. The van der Waals surface area contributed by atoms with E-state index in [1.54, 1.807) is 12.1 Å². The summed E-state index contributed by atoms with van der Waals surface area (Å²) in [5.41, 5.74) is -1.29. The van der Waals surface area contributed by atoms with Gasteiger partial charge in [0, 0.05) is 10.9 Å². The van der Waals surface area contributed by atoms with Gasteiger partial charge in [-0.3, -0.25) is 0 Å². The molecule has 0 bridgehead atoms. The number of fused-ring (bicyclic) bond motifs is 1. The van der Waals surface area contributed by atoms with Crippen LogP contribution in [-0.2, 0) is 12.6 Å². The summed E-state index contributed by atoms with van der Waals surface area (Å²) < 4.78 is 81.6. The predicted molar refractivity (Wildman–Crippen MR) is 118 cm³/mol. The summed E-state index contributed by atoms with van der Waals surface area (Å²) in [5, 5.41) is 0.914. The zero-order valence-electron chi connectivity index (χ0n) is 18.4. The molecule has 0 aliphatic heterocycles. The smallest absolute Gasteiger partial charge is 0.206 e. The minimum atomic E-state index is -5.17. The van der Waals surface area contributed by atoms with Gasteiger partial charge in [0.25, 0.3) is 0 Å². The second-order valence-corrected chi connectivity index (χ2v) is 9.13. The third-order valence-electron chi connectivity index (χ3n) is 7.04. The van der Waals surface area contributed by atoms with Crippen LogP contribution in [0.25, 0.3) is 21.9 Å². The van der Waals surface area contributed by atoms with Gasteiger partial charge in [-0.2, -0.15) is 13.2 Å². The number of rotatable bonds is 5. The number of benzene rings is 3. The molecule has 1 aliphatic rings. The molecule has 1 aliphatic carbocycles. The first-order valence-electron chi connectivity index (χ1n) is 11.4. The average molecular weight is 464 g/mol. The standard InChI is InChI=1S/C27H26F6/c1-2-16-3-5-17(6-4-16)7-8-18-9-11-21-19(13-18)10-12-22(26(21)30)20-14-23(28)25(24(29)15-20)27(31,32)33/h9-17H,2-8H2,1H3. The Morgan fingerprint density at radius 2 is 1.45 bits per heavy atom. The van der Waals surface area contributed by atoms with Crippen molar-refractivity contribution in [2.75, 3.05) is 0 Å². The summed E-state index contributed by atoms with van der Waals surface area (Å²) in [4.78, 5) is 0. The van der Waals surface area contributed by atoms with Crippen molar-refractivity contribution in [1.29, 1.82) is 0 Å². The van der Waals surface area contributed by atoms with Crippen molar-refractivity contribution >= 4 is 10.8 Å². The highest BCUT2D eigenvalue weighted by molar-refractivity contribution is 5.88. The molecule has 0 nitrogen and oxygen atoms in total. The van der Waals surface area contributed by atoms with Gasteiger partial charge in [-0.25, -0.2) is 13.2 Å². The van der Waals surface area contributed by atoms with Gasteiger partial charge in [0.1, 0.15) is 23.0 Å². The van der Waals surface area contributed by atoms with E-state index in [9.17, 15) is 22.0 Å². The molecule has 0 saturated heterocycles. The van der Waals surface area contributed by atoms with Crippen LogP contribution in [0, 0.1) is 29.3 Å². The van der Waals surface area contributed by atoms with Crippen LogP contribution in [0.3, 0.4) is 0 Å². The van der Waals surface area contributed by atoms with Gasteiger partial charge in [-0.15, -0.1) is 0 Å². The number of halogens is 6. The van der Waals surface area contributed by atoms with Gasteiger partial charge in [-0.05, 0) is 53.3 Å². The molecule has 0 heterocycles. The van der Waals surface area contributed by atoms with E-state index >= 15 is 4.39 Å². The Morgan fingerprint density at radius 1 is 0.818 bits per heavy atom. The average Bonchev–Trinajstić information content (AvgIpc) is 2.76. The van der Waals surface area contributed by atoms with E-state index in [2.05, 4.69) is 6.92 Å². The molecule has 4 rings (SSSR count). The number of hydrogen-bond acceptors (Lipinski definition) is 0. The maximum atomic E-state index is 15.2. The molecule has 6 heteroatoms. The first-order chi connectivity index (χ1) is 15.7. The fourth-order valence-electron chi connectivity index (χ4n) is 5.02.